The van der Waals surface area contributed by atoms with Gasteiger partial charge in [0.2, 0.25) is 0 Å². The topological polar surface area (TPSA) is 56.8 Å². The molecular formula is C13H9ClN2O. The fourth-order valence-electron chi connectivity index (χ4n) is 1.16. The minimum absolute atomic E-state index is 0.00396. The molecule has 0 saturated carbocycles. The maximum Gasteiger partial charge on any atom is 0.130 e. The lowest BCUT2D eigenvalue weighted by atomic mass is 10.1. The number of ether oxygens (including phenoxy) is 1. The van der Waals surface area contributed by atoms with E-state index in [0.29, 0.717) is 22.9 Å². The molecule has 0 aliphatic heterocycles. The molecule has 0 aliphatic carbocycles. The molecule has 0 amide bonds. The molecular weight excluding hydrogens is 236 g/mol. The number of hydrogen-bond donors (Lipinski definition) is 0. The number of allylic oxidation sites excluding steroid dienone is 1. The molecule has 1 aromatic carbocycles. The Kier molecular flexibility index (Phi) is 4.81. The van der Waals surface area contributed by atoms with Crippen molar-refractivity contribution in [3.63, 3.8) is 0 Å². The molecule has 0 saturated heterocycles. The van der Waals surface area contributed by atoms with Gasteiger partial charge in [0.05, 0.1) is 0 Å². The van der Waals surface area contributed by atoms with Crippen LogP contribution in [0.25, 0.3) is 6.08 Å². The van der Waals surface area contributed by atoms with Crippen LogP contribution in [0.3, 0.4) is 0 Å². The molecule has 0 spiro atoms. The standard InChI is InChI=1S/C13H9ClN2O/c1-2-5-17-13-4-3-12(14)7-11(13)6-10(8-15)9-16/h2-4,6-7H,1,5H2. The molecule has 0 radical (unpaired) electrons. The van der Waals surface area contributed by atoms with E-state index in [4.69, 9.17) is 26.9 Å². The number of hydrogen-bond acceptors (Lipinski definition) is 3. The molecule has 0 atom stereocenters. The summed E-state index contributed by atoms with van der Waals surface area (Å²) in [5.41, 5.74) is 0.591. The largest absolute Gasteiger partial charge is 0.489 e. The Morgan fingerprint density at radius 3 is 2.71 bits per heavy atom. The quantitative estimate of drug-likeness (QED) is 0.603. The third kappa shape index (κ3) is 3.68. The predicted molar refractivity (Wildman–Crippen MR) is 66.3 cm³/mol. The summed E-state index contributed by atoms with van der Waals surface area (Å²) in [7, 11) is 0. The number of halogens is 1. The molecule has 1 rings (SSSR count). The minimum Gasteiger partial charge on any atom is -0.489 e. The summed E-state index contributed by atoms with van der Waals surface area (Å²) in [6.45, 7) is 3.89. The zero-order valence-corrected chi connectivity index (χ0v) is 9.74. The van der Waals surface area contributed by atoms with Crippen molar-refractivity contribution in [2.45, 2.75) is 0 Å². The number of nitrogens with zero attached hydrogens (tertiary/aromatic N) is 2. The zero-order chi connectivity index (χ0) is 12.7. The van der Waals surface area contributed by atoms with Crippen LogP contribution in [0.2, 0.25) is 5.02 Å². The fraction of sp³-hybridized carbons (Fsp3) is 0.0769. The van der Waals surface area contributed by atoms with E-state index in [-0.39, 0.29) is 5.57 Å². The highest BCUT2D eigenvalue weighted by Gasteiger charge is 2.04. The second kappa shape index (κ2) is 6.37. The molecule has 4 heteroatoms. The fourth-order valence-corrected chi connectivity index (χ4v) is 1.34. The van der Waals surface area contributed by atoms with Crippen molar-refractivity contribution in [3.8, 4) is 17.9 Å². The smallest absolute Gasteiger partial charge is 0.130 e. The Bertz CT molecular complexity index is 519. The van der Waals surface area contributed by atoms with Gasteiger partial charge in [-0.3, -0.25) is 0 Å². The third-order valence-corrected chi connectivity index (χ3v) is 2.10. The first kappa shape index (κ1) is 12.8. The van der Waals surface area contributed by atoms with E-state index in [9.17, 15) is 0 Å². The first-order valence-electron chi connectivity index (χ1n) is 4.76. The van der Waals surface area contributed by atoms with Crippen LogP contribution >= 0.6 is 11.6 Å². The lowest BCUT2D eigenvalue weighted by Gasteiger charge is -2.07. The van der Waals surface area contributed by atoms with E-state index in [0.717, 1.165) is 0 Å². The second-order valence-electron chi connectivity index (χ2n) is 3.06. The van der Waals surface area contributed by atoms with Gasteiger partial charge in [0.25, 0.3) is 0 Å². The van der Waals surface area contributed by atoms with Crippen LogP contribution in [0, 0.1) is 22.7 Å². The van der Waals surface area contributed by atoms with Crippen LogP contribution in [-0.2, 0) is 0 Å². The lowest BCUT2D eigenvalue weighted by Crippen LogP contribution is -1.95. The van der Waals surface area contributed by atoms with E-state index in [1.807, 2.05) is 0 Å². The summed E-state index contributed by atoms with van der Waals surface area (Å²) >= 11 is 5.85. The van der Waals surface area contributed by atoms with Crippen molar-refractivity contribution < 1.29 is 4.74 Å². The van der Waals surface area contributed by atoms with Crippen molar-refractivity contribution in [1.29, 1.82) is 10.5 Å². The van der Waals surface area contributed by atoms with Gasteiger partial charge in [0.1, 0.15) is 30.1 Å². The summed E-state index contributed by atoms with van der Waals surface area (Å²) in [6.07, 6.45) is 3.04. The first-order chi connectivity index (χ1) is 8.21. The lowest BCUT2D eigenvalue weighted by molar-refractivity contribution is 0.362. The average Bonchev–Trinajstić information content (AvgIpc) is 2.35. The Morgan fingerprint density at radius 1 is 1.41 bits per heavy atom. The molecule has 0 bridgehead atoms. The molecule has 0 fully saturated rings. The molecule has 17 heavy (non-hydrogen) atoms. The van der Waals surface area contributed by atoms with Gasteiger partial charge in [-0.2, -0.15) is 10.5 Å². The van der Waals surface area contributed by atoms with Gasteiger partial charge in [0.15, 0.2) is 0 Å². The predicted octanol–water partition coefficient (Wildman–Crippen LogP) is 3.34. The third-order valence-electron chi connectivity index (χ3n) is 1.87. The Hall–Kier alpha value is -2.23. The van der Waals surface area contributed by atoms with Gasteiger partial charge in [0, 0.05) is 10.6 Å². The SMILES string of the molecule is C=CCOc1ccc(Cl)cc1C=C(C#N)C#N. The van der Waals surface area contributed by atoms with Crippen molar-refractivity contribution in [1.82, 2.24) is 0 Å². The summed E-state index contributed by atoms with van der Waals surface area (Å²) in [4.78, 5) is 0. The van der Waals surface area contributed by atoms with E-state index in [1.165, 1.54) is 6.08 Å². The molecule has 0 aliphatic rings. The normalized spacial score (nSPS) is 8.65. The van der Waals surface area contributed by atoms with E-state index < -0.39 is 0 Å². The van der Waals surface area contributed by atoms with Crippen molar-refractivity contribution in [2.24, 2.45) is 0 Å². The number of benzene rings is 1. The maximum absolute atomic E-state index is 8.69. The second-order valence-corrected chi connectivity index (χ2v) is 3.50. The van der Waals surface area contributed by atoms with Gasteiger partial charge in [-0.05, 0) is 24.3 Å². The number of rotatable bonds is 4. The maximum atomic E-state index is 8.69. The highest BCUT2D eigenvalue weighted by Crippen LogP contribution is 2.25. The average molecular weight is 245 g/mol. The zero-order valence-electron chi connectivity index (χ0n) is 8.98. The summed E-state index contributed by atoms with van der Waals surface area (Å²) in [6, 6.07) is 8.56. The Balaban J connectivity index is 3.16. The number of nitriles is 2. The van der Waals surface area contributed by atoms with Gasteiger partial charge in [-0.1, -0.05) is 24.3 Å². The van der Waals surface area contributed by atoms with E-state index in [2.05, 4.69) is 6.58 Å². The van der Waals surface area contributed by atoms with Gasteiger partial charge in [-0.25, -0.2) is 0 Å². The first-order valence-corrected chi connectivity index (χ1v) is 5.14. The molecule has 0 N–H and O–H groups in total. The minimum atomic E-state index is -0.00396. The van der Waals surface area contributed by atoms with E-state index in [1.54, 1.807) is 36.4 Å². The summed E-state index contributed by atoms with van der Waals surface area (Å²) in [5, 5.41) is 17.9. The van der Waals surface area contributed by atoms with Crippen LogP contribution in [0.5, 0.6) is 5.75 Å². The molecule has 0 aromatic heterocycles. The Labute approximate surface area is 105 Å². The highest BCUT2D eigenvalue weighted by molar-refractivity contribution is 6.30. The molecule has 0 unspecified atom stereocenters. The highest BCUT2D eigenvalue weighted by atomic mass is 35.5. The summed E-state index contributed by atoms with van der Waals surface area (Å²) in [5.74, 6) is 0.553. The van der Waals surface area contributed by atoms with Crippen molar-refractivity contribution in [2.75, 3.05) is 6.61 Å². The molecule has 3 nitrogen and oxygen atoms in total. The molecule has 84 valence electrons. The summed E-state index contributed by atoms with van der Waals surface area (Å²) < 4.78 is 5.39. The Morgan fingerprint density at radius 2 is 2.12 bits per heavy atom. The van der Waals surface area contributed by atoms with Gasteiger partial charge >= 0.3 is 0 Å². The van der Waals surface area contributed by atoms with Crippen LogP contribution in [0.4, 0.5) is 0 Å². The van der Waals surface area contributed by atoms with Crippen molar-refractivity contribution >= 4 is 17.7 Å². The van der Waals surface area contributed by atoms with E-state index >= 15 is 0 Å². The van der Waals surface area contributed by atoms with Gasteiger partial charge < -0.3 is 4.74 Å². The van der Waals surface area contributed by atoms with Crippen LogP contribution < -0.4 is 4.74 Å². The van der Waals surface area contributed by atoms with Crippen LogP contribution in [0.15, 0.2) is 36.4 Å². The molecule has 0 heterocycles. The van der Waals surface area contributed by atoms with Crippen LogP contribution in [-0.4, -0.2) is 6.61 Å². The van der Waals surface area contributed by atoms with Crippen LogP contribution in [0.1, 0.15) is 5.56 Å². The molecule has 1 aromatic rings. The van der Waals surface area contributed by atoms with Gasteiger partial charge in [-0.15, -0.1) is 0 Å². The monoisotopic (exact) mass is 244 g/mol. The van der Waals surface area contributed by atoms with Crippen molar-refractivity contribution in [3.05, 3.63) is 47.0 Å².